The van der Waals surface area contributed by atoms with E-state index in [1.807, 2.05) is 60.7 Å². The highest BCUT2D eigenvalue weighted by Crippen LogP contribution is 2.23. The molecular formula is C20H15N3O3. The fraction of sp³-hybridized carbons (Fsp3) is 0.0500. The Morgan fingerprint density at radius 3 is 2.42 bits per heavy atom. The maximum Gasteiger partial charge on any atom is 0.342 e. The van der Waals surface area contributed by atoms with Gasteiger partial charge in [0, 0.05) is 17.2 Å². The molecule has 4 rings (SSSR count). The van der Waals surface area contributed by atoms with E-state index in [0.717, 1.165) is 11.1 Å². The van der Waals surface area contributed by atoms with E-state index in [2.05, 4.69) is 15.4 Å². The maximum atomic E-state index is 12.4. The monoisotopic (exact) mass is 345 g/mol. The Kier molecular flexibility index (Phi) is 4.30. The Morgan fingerprint density at radius 2 is 1.69 bits per heavy atom. The van der Waals surface area contributed by atoms with Gasteiger partial charge >= 0.3 is 5.97 Å². The number of ether oxygens (including phenoxy) is 1. The average molecular weight is 345 g/mol. The number of carbonyl (C=O) groups excluding carboxylic acids is 1. The Balaban J connectivity index is 1.46. The summed E-state index contributed by atoms with van der Waals surface area (Å²) in [5.74, 6) is 0.159. The van der Waals surface area contributed by atoms with Crippen LogP contribution >= 0.6 is 0 Å². The minimum absolute atomic E-state index is 0.0224. The van der Waals surface area contributed by atoms with Crippen molar-refractivity contribution in [2.75, 3.05) is 0 Å². The second kappa shape index (κ2) is 7.06. The molecule has 4 aromatic rings. The third-order valence-corrected chi connectivity index (χ3v) is 3.89. The summed E-state index contributed by atoms with van der Waals surface area (Å²) < 4.78 is 10.7. The topological polar surface area (TPSA) is 81.0 Å². The summed E-state index contributed by atoms with van der Waals surface area (Å²) in [5.41, 5.74) is 3.33. The molecule has 6 nitrogen and oxygen atoms in total. The lowest BCUT2D eigenvalue weighted by molar-refractivity contribution is 0.0465. The van der Waals surface area contributed by atoms with Crippen LogP contribution in [0, 0.1) is 0 Å². The number of nitrogens with zero attached hydrogens (tertiary/aromatic N) is 2. The molecule has 0 aliphatic carbocycles. The first kappa shape index (κ1) is 15.8. The Hall–Kier alpha value is -3.67. The number of hydrogen-bond donors (Lipinski definition) is 1. The van der Waals surface area contributed by atoms with Crippen LogP contribution in [0.25, 0.3) is 22.6 Å². The van der Waals surface area contributed by atoms with Crippen molar-refractivity contribution in [3.8, 4) is 22.6 Å². The average Bonchev–Trinajstić information content (AvgIpc) is 3.37. The summed E-state index contributed by atoms with van der Waals surface area (Å²) in [6.07, 6.45) is 1.46. The molecule has 1 N–H and O–H groups in total. The second-order valence-electron chi connectivity index (χ2n) is 5.65. The largest absolute Gasteiger partial charge is 0.455 e. The van der Waals surface area contributed by atoms with E-state index >= 15 is 0 Å². The van der Waals surface area contributed by atoms with E-state index < -0.39 is 5.97 Å². The van der Waals surface area contributed by atoms with E-state index in [-0.39, 0.29) is 6.61 Å². The molecule has 0 amide bonds. The quantitative estimate of drug-likeness (QED) is 0.551. The lowest BCUT2D eigenvalue weighted by Gasteiger charge is -2.03. The van der Waals surface area contributed by atoms with Crippen molar-refractivity contribution in [1.82, 2.24) is 15.4 Å². The summed E-state index contributed by atoms with van der Waals surface area (Å²) in [6.45, 7) is 0.0224. The van der Waals surface area contributed by atoms with Crippen LogP contribution in [0.3, 0.4) is 0 Å². The van der Waals surface area contributed by atoms with Crippen molar-refractivity contribution < 1.29 is 14.1 Å². The lowest BCUT2D eigenvalue weighted by Crippen LogP contribution is -2.06. The van der Waals surface area contributed by atoms with Gasteiger partial charge in [-0.1, -0.05) is 65.8 Å². The fourth-order valence-electron chi connectivity index (χ4n) is 2.60. The van der Waals surface area contributed by atoms with Gasteiger partial charge in [0.25, 0.3) is 0 Å². The molecule has 0 atom stereocenters. The predicted molar refractivity (Wildman–Crippen MR) is 95.1 cm³/mol. The molecule has 0 aliphatic rings. The summed E-state index contributed by atoms with van der Waals surface area (Å²) in [7, 11) is 0. The van der Waals surface area contributed by atoms with Crippen molar-refractivity contribution in [3.63, 3.8) is 0 Å². The maximum absolute atomic E-state index is 12.4. The molecule has 2 heterocycles. The zero-order valence-corrected chi connectivity index (χ0v) is 13.8. The normalized spacial score (nSPS) is 10.6. The van der Waals surface area contributed by atoms with Gasteiger partial charge in [-0.25, -0.2) is 4.79 Å². The molecule has 0 bridgehead atoms. The number of aromatic nitrogens is 3. The molecule has 0 aliphatic heterocycles. The number of nitrogens with one attached hydrogen (secondary N) is 1. The van der Waals surface area contributed by atoms with Gasteiger partial charge < -0.3 is 9.26 Å². The minimum atomic E-state index is -0.470. The highest BCUT2D eigenvalue weighted by atomic mass is 16.5. The van der Waals surface area contributed by atoms with Crippen LogP contribution < -0.4 is 0 Å². The zero-order valence-electron chi connectivity index (χ0n) is 13.8. The van der Waals surface area contributed by atoms with Crippen LogP contribution in [0.15, 0.2) is 77.4 Å². The van der Waals surface area contributed by atoms with Gasteiger partial charge in [-0.15, -0.1) is 0 Å². The lowest BCUT2D eigenvalue weighted by atomic mass is 10.1. The van der Waals surface area contributed by atoms with Crippen LogP contribution in [0.4, 0.5) is 0 Å². The second-order valence-corrected chi connectivity index (χ2v) is 5.65. The van der Waals surface area contributed by atoms with E-state index in [9.17, 15) is 4.79 Å². The van der Waals surface area contributed by atoms with Crippen LogP contribution in [0.5, 0.6) is 0 Å². The molecule has 6 heteroatoms. The molecule has 0 saturated carbocycles. The molecule has 128 valence electrons. The number of esters is 1. The number of hydrogen-bond acceptors (Lipinski definition) is 5. The standard InChI is InChI=1S/C20H15N3O3/c24-20(17-12-21-22-19(17)15-9-5-2-6-10-15)25-13-16-11-18(26-23-16)14-7-3-1-4-8-14/h1-12H,13H2,(H,21,22). The van der Waals surface area contributed by atoms with Gasteiger partial charge in [0.1, 0.15) is 17.9 Å². The third kappa shape index (κ3) is 3.25. The minimum Gasteiger partial charge on any atom is -0.455 e. The number of H-pyrrole nitrogens is 1. The summed E-state index contributed by atoms with van der Waals surface area (Å²) >= 11 is 0. The molecular weight excluding hydrogens is 330 g/mol. The van der Waals surface area contributed by atoms with Gasteiger partial charge in [0.15, 0.2) is 5.76 Å². The molecule has 2 aromatic heterocycles. The molecule has 2 aromatic carbocycles. The molecule has 0 fully saturated rings. The first-order valence-corrected chi connectivity index (χ1v) is 8.08. The van der Waals surface area contributed by atoms with Crippen molar-refractivity contribution in [2.24, 2.45) is 0 Å². The van der Waals surface area contributed by atoms with E-state index in [1.54, 1.807) is 6.07 Å². The van der Waals surface area contributed by atoms with Crippen molar-refractivity contribution in [3.05, 3.63) is 84.2 Å². The van der Waals surface area contributed by atoms with Crippen LogP contribution in [-0.4, -0.2) is 21.3 Å². The number of benzene rings is 2. The van der Waals surface area contributed by atoms with E-state index in [0.29, 0.717) is 22.7 Å². The van der Waals surface area contributed by atoms with E-state index in [4.69, 9.17) is 9.26 Å². The molecule has 0 unspecified atom stereocenters. The SMILES string of the molecule is O=C(OCc1cc(-c2ccccc2)on1)c1cn[nH]c1-c1ccccc1. The third-order valence-electron chi connectivity index (χ3n) is 3.89. The number of rotatable bonds is 5. The van der Waals surface area contributed by atoms with Crippen LogP contribution in [0.1, 0.15) is 16.1 Å². The fourth-order valence-corrected chi connectivity index (χ4v) is 2.60. The van der Waals surface area contributed by atoms with Gasteiger partial charge in [-0.3, -0.25) is 5.10 Å². The first-order valence-electron chi connectivity index (χ1n) is 8.08. The van der Waals surface area contributed by atoms with Gasteiger partial charge in [-0.05, 0) is 0 Å². The van der Waals surface area contributed by atoms with E-state index in [1.165, 1.54) is 6.20 Å². The summed E-state index contributed by atoms with van der Waals surface area (Å²) in [6, 6.07) is 20.9. The Bertz CT molecular complexity index is 1010. The zero-order chi connectivity index (χ0) is 17.8. The smallest absolute Gasteiger partial charge is 0.342 e. The van der Waals surface area contributed by atoms with Crippen LogP contribution in [0.2, 0.25) is 0 Å². The highest BCUT2D eigenvalue weighted by molar-refractivity contribution is 5.95. The highest BCUT2D eigenvalue weighted by Gasteiger charge is 2.17. The van der Waals surface area contributed by atoms with Crippen LogP contribution in [-0.2, 0) is 11.3 Å². The Morgan fingerprint density at radius 1 is 1.00 bits per heavy atom. The van der Waals surface area contributed by atoms with Crippen molar-refractivity contribution in [1.29, 1.82) is 0 Å². The Labute approximate surface area is 149 Å². The number of aromatic amines is 1. The van der Waals surface area contributed by atoms with Gasteiger partial charge in [0.05, 0.1) is 11.9 Å². The van der Waals surface area contributed by atoms with Gasteiger partial charge in [-0.2, -0.15) is 5.10 Å². The first-order chi connectivity index (χ1) is 12.8. The molecule has 0 radical (unpaired) electrons. The summed E-state index contributed by atoms with van der Waals surface area (Å²) in [4.78, 5) is 12.4. The van der Waals surface area contributed by atoms with Crippen molar-refractivity contribution in [2.45, 2.75) is 6.61 Å². The number of carbonyl (C=O) groups is 1. The molecule has 0 saturated heterocycles. The predicted octanol–water partition coefficient (Wildman–Crippen LogP) is 4.09. The molecule has 26 heavy (non-hydrogen) atoms. The summed E-state index contributed by atoms with van der Waals surface area (Å²) in [5, 5.41) is 10.8. The van der Waals surface area contributed by atoms with Gasteiger partial charge in [0.2, 0.25) is 0 Å². The molecule has 0 spiro atoms. The van der Waals surface area contributed by atoms with Crippen molar-refractivity contribution >= 4 is 5.97 Å².